The molecule has 0 unspecified atom stereocenters. The van der Waals surface area contributed by atoms with Gasteiger partial charge in [0, 0.05) is 12.1 Å². The molecule has 0 fully saturated rings. The molecule has 0 aliphatic heterocycles. The molecule has 138 valence electrons. The second-order valence-corrected chi connectivity index (χ2v) is 7.42. The van der Waals surface area contributed by atoms with Crippen molar-refractivity contribution in [3.63, 3.8) is 0 Å². The fourth-order valence-corrected chi connectivity index (χ4v) is 2.59. The molecule has 27 heavy (non-hydrogen) atoms. The van der Waals surface area contributed by atoms with Gasteiger partial charge in [-0.05, 0) is 40.8 Å². The van der Waals surface area contributed by atoms with Crippen molar-refractivity contribution >= 4 is 17.5 Å². The minimum absolute atomic E-state index is 0.0586. The summed E-state index contributed by atoms with van der Waals surface area (Å²) in [6, 6.07) is 21.2. The summed E-state index contributed by atoms with van der Waals surface area (Å²) in [4.78, 5) is 12.4. The molecule has 0 aliphatic rings. The SMILES string of the molecule is CC(C)(C)c1ccc(C(=O)Nc2ccc(NCc3ccccc3)nn2)cc1. The van der Waals surface area contributed by atoms with E-state index in [1.807, 2.05) is 54.6 Å². The Balaban J connectivity index is 1.58. The monoisotopic (exact) mass is 360 g/mol. The molecule has 3 aromatic rings. The lowest BCUT2D eigenvalue weighted by molar-refractivity contribution is 0.102. The molecule has 1 heterocycles. The first-order valence-electron chi connectivity index (χ1n) is 8.95. The van der Waals surface area contributed by atoms with E-state index in [0.717, 1.165) is 5.56 Å². The predicted octanol–water partition coefficient (Wildman–Crippen LogP) is 4.64. The molecule has 5 nitrogen and oxygen atoms in total. The zero-order chi connectivity index (χ0) is 19.3. The fourth-order valence-electron chi connectivity index (χ4n) is 2.59. The van der Waals surface area contributed by atoms with Crippen LogP contribution in [0.5, 0.6) is 0 Å². The van der Waals surface area contributed by atoms with Gasteiger partial charge in [-0.3, -0.25) is 4.79 Å². The summed E-state index contributed by atoms with van der Waals surface area (Å²) < 4.78 is 0. The van der Waals surface area contributed by atoms with Crippen molar-refractivity contribution in [1.82, 2.24) is 10.2 Å². The molecular formula is C22H24N4O. The third-order valence-corrected chi connectivity index (χ3v) is 4.24. The molecule has 0 bridgehead atoms. The lowest BCUT2D eigenvalue weighted by Crippen LogP contribution is -2.15. The Morgan fingerprint density at radius 3 is 2.07 bits per heavy atom. The van der Waals surface area contributed by atoms with Gasteiger partial charge >= 0.3 is 0 Å². The standard InChI is InChI=1S/C22H24N4O/c1-22(2,3)18-11-9-17(10-12-18)21(27)24-20-14-13-19(25-26-20)23-15-16-7-5-4-6-8-16/h4-14H,15H2,1-3H3,(H,23,25)(H,24,26,27). The van der Waals surface area contributed by atoms with Crippen LogP contribution in [0.4, 0.5) is 11.6 Å². The quantitative estimate of drug-likeness (QED) is 0.696. The number of nitrogens with one attached hydrogen (secondary N) is 2. The highest BCUT2D eigenvalue weighted by Crippen LogP contribution is 2.22. The van der Waals surface area contributed by atoms with Gasteiger partial charge in [0.25, 0.3) is 5.91 Å². The fraction of sp³-hybridized carbons (Fsp3) is 0.227. The maximum atomic E-state index is 12.4. The number of hydrogen-bond acceptors (Lipinski definition) is 4. The summed E-state index contributed by atoms with van der Waals surface area (Å²) in [5, 5.41) is 14.2. The van der Waals surface area contributed by atoms with Crippen LogP contribution in [0.15, 0.2) is 66.7 Å². The zero-order valence-corrected chi connectivity index (χ0v) is 15.9. The van der Waals surface area contributed by atoms with Crippen LogP contribution in [-0.2, 0) is 12.0 Å². The number of rotatable bonds is 5. The highest BCUT2D eigenvalue weighted by molar-refractivity contribution is 6.03. The van der Waals surface area contributed by atoms with Crippen molar-refractivity contribution in [2.24, 2.45) is 0 Å². The molecule has 5 heteroatoms. The van der Waals surface area contributed by atoms with Crippen molar-refractivity contribution < 1.29 is 4.79 Å². The van der Waals surface area contributed by atoms with E-state index < -0.39 is 0 Å². The van der Waals surface area contributed by atoms with E-state index in [0.29, 0.717) is 23.7 Å². The maximum Gasteiger partial charge on any atom is 0.256 e. The van der Waals surface area contributed by atoms with Gasteiger partial charge in [0.05, 0.1) is 0 Å². The van der Waals surface area contributed by atoms with Crippen LogP contribution in [-0.4, -0.2) is 16.1 Å². The van der Waals surface area contributed by atoms with Crippen LogP contribution in [0.1, 0.15) is 42.3 Å². The van der Waals surface area contributed by atoms with Crippen LogP contribution >= 0.6 is 0 Å². The number of hydrogen-bond donors (Lipinski definition) is 2. The predicted molar refractivity (Wildman–Crippen MR) is 109 cm³/mol. The van der Waals surface area contributed by atoms with Crippen LogP contribution in [0.3, 0.4) is 0 Å². The number of anilines is 2. The lowest BCUT2D eigenvalue weighted by atomic mass is 9.87. The average molecular weight is 360 g/mol. The van der Waals surface area contributed by atoms with Crippen molar-refractivity contribution in [1.29, 1.82) is 0 Å². The van der Waals surface area contributed by atoms with E-state index in [-0.39, 0.29) is 11.3 Å². The zero-order valence-electron chi connectivity index (χ0n) is 15.9. The third-order valence-electron chi connectivity index (χ3n) is 4.24. The summed E-state index contributed by atoms with van der Waals surface area (Å²) in [5.74, 6) is 0.881. The average Bonchev–Trinajstić information content (AvgIpc) is 2.68. The molecule has 1 aromatic heterocycles. The lowest BCUT2D eigenvalue weighted by Gasteiger charge is -2.19. The Labute approximate surface area is 159 Å². The summed E-state index contributed by atoms with van der Waals surface area (Å²) in [5.41, 5.74) is 3.00. The van der Waals surface area contributed by atoms with Gasteiger partial charge < -0.3 is 10.6 Å². The largest absolute Gasteiger partial charge is 0.365 e. The molecule has 0 spiro atoms. The maximum absolute atomic E-state index is 12.4. The molecule has 0 atom stereocenters. The van der Waals surface area contributed by atoms with E-state index >= 15 is 0 Å². The van der Waals surface area contributed by atoms with E-state index in [2.05, 4.69) is 41.6 Å². The van der Waals surface area contributed by atoms with Crippen LogP contribution < -0.4 is 10.6 Å². The third kappa shape index (κ3) is 5.14. The summed E-state index contributed by atoms with van der Waals surface area (Å²) in [6.45, 7) is 7.10. The highest BCUT2D eigenvalue weighted by atomic mass is 16.1. The number of carbonyl (C=O) groups excluding carboxylic acids is 1. The second-order valence-electron chi connectivity index (χ2n) is 7.42. The topological polar surface area (TPSA) is 66.9 Å². The minimum Gasteiger partial charge on any atom is -0.365 e. The molecule has 2 N–H and O–H groups in total. The molecule has 3 rings (SSSR count). The van der Waals surface area contributed by atoms with Crippen molar-refractivity contribution in [2.75, 3.05) is 10.6 Å². The summed E-state index contributed by atoms with van der Waals surface area (Å²) in [6.07, 6.45) is 0. The molecule has 0 saturated heterocycles. The number of carbonyl (C=O) groups is 1. The Morgan fingerprint density at radius 1 is 0.852 bits per heavy atom. The smallest absolute Gasteiger partial charge is 0.256 e. The van der Waals surface area contributed by atoms with Crippen molar-refractivity contribution in [3.8, 4) is 0 Å². The van der Waals surface area contributed by atoms with E-state index in [9.17, 15) is 4.79 Å². The van der Waals surface area contributed by atoms with Gasteiger partial charge in [-0.25, -0.2) is 0 Å². The Morgan fingerprint density at radius 2 is 1.48 bits per heavy atom. The van der Waals surface area contributed by atoms with Crippen LogP contribution in [0.25, 0.3) is 0 Å². The molecule has 0 radical (unpaired) electrons. The van der Waals surface area contributed by atoms with Gasteiger partial charge in [-0.1, -0.05) is 63.2 Å². The van der Waals surface area contributed by atoms with Gasteiger partial charge in [-0.2, -0.15) is 0 Å². The summed E-state index contributed by atoms with van der Waals surface area (Å²) in [7, 11) is 0. The normalized spacial score (nSPS) is 11.1. The van der Waals surface area contributed by atoms with E-state index in [1.54, 1.807) is 12.1 Å². The molecule has 0 aliphatic carbocycles. The van der Waals surface area contributed by atoms with E-state index in [1.165, 1.54) is 5.56 Å². The van der Waals surface area contributed by atoms with Crippen molar-refractivity contribution in [2.45, 2.75) is 32.7 Å². The van der Waals surface area contributed by atoms with E-state index in [4.69, 9.17) is 0 Å². The first kappa shape index (κ1) is 18.6. The van der Waals surface area contributed by atoms with Gasteiger partial charge in [0.15, 0.2) is 5.82 Å². The number of nitrogens with zero attached hydrogens (tertiary/aromatic N) is 2. The van der Waals surface area contributed by atoms with Gasteiger partial charge in [-0.15, -0.1) is 10.2 Å². The van der Waals surface area contributed by atoms with Gasteiger partial charge in [0.2, 0.25) is 0 Å². The second kappa shape index (κ2) is 7.99. The number of benzene rings is 2. The van der Waals surface area contributed by atoms with Crippen molar-refractivity contribution in [3.05, 3.63) is 83.4 Å². The number of aromatic nitrogens is 2. The Kier molecular flexibility index (Phi) is 5.50. The first-order valence-corrected chi connectivity index (χ1v) is 8.95. The Bertz CT molecular complexity index is 882. The number of amides is 1. The summed E-state index contributed by atoms with van der Waals surface area (Å²) >= 11 is 0. The highest BCUT2D eigenvalue weighted by Gasteiger charge is 2.14. The molecule has 0 saturated carbocycles. The first-order chi connectivity index (χ1) is 12.9. The van der Waals surface area contributed by atoms with Crippen LogP contribution in [0.2, 0.25) is 0 Å². The van der Waals surface area contributed by atoms with Gasteiger partial charge in [0.1, 0.15) is 5.82 Å². The molecular weight excluding hydrogens is 336 g/mol. The molecule has 2 aromatic carbocycles. The molecule has 1 amide bonds. The Hall–Kier alpha value is -3.21. The minimum atomic E-state index is -0.199. The van der Waals surface area contributed by atoms with Crippen LogP contribution in [0, 0.1) is 0 Å².